The molecular formula is C26H47NO17. The molecular weight excluding hydrogens is 598 g/mol. The Morgan fingerprint density at radius 3 is 1.73 bits per heavy atom. The van der Waals surface area contributed by atoms with E-state index in [0.29, 0.717) is 0 Å². The molecule has 18 nitrogen and oxygen atoms in total. The van der Waals surface area contributed by atoms with Gasteiger partial charge in [-0.1, -0.05) is 0 Å². The van der Waals surface area contributed by atoms with Gasteiger partial charge in [0.1, 0.15) is 85.5 Å². The molecule has 0 saturated carbocycles. The average molecular weight is 646 g/mol. The van der Waals surface area contributed by atoms with Gasteiger partial charge in [-0.15, -0.1) is 0 Å². The molecule has 7 unspecified atom stereocenters. The van der Waals surface area contributed by atoms with Crippen LogP contribution in [0.2, 0.25) is 0 Å². The molecule has 11 N–H and O–H groups in total. The van der Waals surface area contributed by atoms with Gasteiger partial charge in [-0.3, -0.25) is 0 Å². The number of hydrogen-bond acceptors (Lipinski definition) is 18. The quantitative estimate of drug-likeness (QED) is 0.0988. The Hall–Kier alpha value is -0.720. The third kappa shape index (κ3) is 7.23. The van der Waals surface area contributed by atoms with E-state index in [1.807, 2.05) is 0 Å². The highest BCUT2D eigenvalue weighted by atomic mass is 16.7. The average Bonchev–Trinajstić information content (AvgIpc) is 3.23. The van der Waals surface area contributed by atoms with Gasteiger partial charge in [0.25, 0.3) is 0 Å². The predicted octanol–water partition coefficient (Wildman–Crippen LogP) is -5.56. The van der Waals surface area contributed by atoms with Gasteiger partial charge in [-0.25, -0.2) is 0 Å². The molecule has 0 aromatic rings. The van der Waals surface area contributed by atoms with Gasteiger partial charge in [0.15, 0.2) is 12.5 Å². The maximum Gasteiger partial charge on any atom is 0.187 e. The minimum Gasteiger partial charge on any atom is -0.394 e. The second-order valence-electron chi connectivity index (χ2n) is 12.7. The van der Waals surface area contributed by atoms with E-state index in [1.165, 1.54) is 0 Å². The molecule has 0 aromatic carbocycles. The van der Waals surface area contributed by atoms with E-state index in [4.69, 9.17) is 38.4 Å². The number of ether oxygens (including phenoxy) is 7. The molecule has 258 valence electrons. The highest BCUT2D eigenvalue weighted by molar-refractivity contribution is 5.01. The Bertz CT molecular complexity index is 929. The first-order chi connectivity index (χ1) is 20.5. The van der Waals surface area contributed by atoms with Gasteiger partial charge in [-0.2, -0.15) is 5.48 Å². The minimum absolute atomic E-state index is 0.206. The standard InChI is InChI=1S/C26H47NO17/c1-25(2,44-12-8-40-23(27-37)17(34)15(12)32)21-16(33)14(31)11(7-39-21)43-26(3,4)22-19(36)20(9(29)6-38-22)42-24-18(35)13(30)10(5-28)41-24/h9-24,27-37H,5-8H2,1-4H3/t9-,10+,11-,12-,13?,14?,15?,16?,17+,18?,19?,20?,21-,22-,23-,24+/m1/s1. The number of hydrogen-bond donors (Lipinski definition) is 11. The van der Waals surface area contributed by atoms with Crippen LogP contribution in [0.4, 0.5) is 0 Å². The van der Waals surface area contributed by atoms with Crippen LogP contribution in [0.15, 0.2) is 0 Å². The molecule has 0 radical (unpaired) electrons. The Labute approximate surface area is 253 Å². The third-order valence-corrected chi connectivity index (χ3v) is 8.63. The van der Waals surface area contributed by atoms with Crippen molar-refractivity contribution in [2.45, 2.75) is 137 Å². The van der Waals surface area contributed by atoms with Gasteiger partial charge in [0.05, 0.1) is 37.6 Å². The smallest absolute Gasteiger partial charge is 0.187 e. The van der Waals surface area contributed by atoms with Gasteiger partial charge in [-0.05, 0) is 27.7 Å². The van der Waals surface area contributed by atoms with Crippen molar-refractivity contribution in [3.8, 4) is 0 Å². The fourth-order valence-corrected chi connectivity index (χ4v) is 6.15. The van der Waals surface area contributed by atoms with Crippen LogP contribution in [0.5, 0.6) is 0 Å². The van der Waals surface area contributed by atoms with Gasteiger partial charge >= 0.3 is 0 Å². The Kier molecular flexibility index (Phi) is 11.6. The van der Waals surface area contributed by atoms with Crippen LogP contribution in [-0.2, 0) is 33.2 Å². The highest BCUT2D eigenvalue weighted by Gasteiger charge is 2.54. The Morgan fingerprint density at radius 2 is 1.18 bits per heavy atom. The second kappa shape index (κ2) is 14.2. The van der Waals surface area contributed by atoms with Crippen LogP contribution in [0.1, 0.15) is 27.7 Å². The van der Waals surface area contributed by atoms with Gasteiger partial charge in [0, 0.05) is 0 Å². The molecule has 18 heteroatoms. The van der Waals surface area contributed by atoms with Gasteiger partial charge in [0.2, 0.25) is 0 Å². The molecule has 4 rings (SSSR count). The molecule has 0 bridgehead atoms. The van der Waals surface area contributed by atoms with Gasteiger partial charge < -0.3 is 84.3 Å². The molecule has 0 amide bonds. The van der Waals surface area contributed by atoms with Crippen LogP contribution in [0.25, 0.3) is 0 Å². The summed E-state index contributed by atoms with van der Waals surface area (Å²) in [6.07, 6.45) is -21.6. The number of aliphatic hydroxyl groups is 9. The highest BCUT2D eigenvalue weighted by Crippen LogP contribution is 2.36. The number of aliphatic hydroxyl groups excluding tert-OH is 9. The zero-order valence-electron chi connectivity index (χ0n) is 24.9. The SMILES string of the molecule is CC(C)(O[C@@H]1CO[C@@H](C(C)(C)O[C@@H]2CO[C@@H](NO)[C@@H](O)C2O)C(O)C1O)[C@@H]1OC[C@@H](O)C(O[C@@H]2O[C@@H](CO)C(O)C2O)C1O. The lowest BCUT2D eigenvalue weighted by Gasteiger charge is -2.50. The minimum atomic E-state index is -1.56. The summed E-state index contributed by atoms with van der Waals surface area (Å²) in [5.41, 5.74) is -0.962. The molecule has 16 atom stereocenters. The summed E-state index contributed by atoms with van der Waals surface area (Å²) < 4.78 is 39.7. The van der Waals surface area contributed by atoms with Crippen LogP contribution in [-0.4, -0.2) is 187 Å². The first-order valence-electron chi connectivity index (χ1n) is 14.5. The number of rotatable bonds is 10. The predicted molar refractivity (Wildman–Crippen MR) is 141 cm³/mol. The van der Waals surface area contributed by atoms with Crippen molar-refractivity contribution in [1.82, 2.24) is 5.48 Å². The fourth-order valence-electron chi connectivity index (χ4n) is 6.15. The molecule has 0 spiro atoms. The van der Waals surface area contributed by atoms with Crippen molar-refractivity contribution < 1.29 is 84.3 Å². The van der Waals surface area contributed by atoms with Crippen LogP contribution in [0.3, 0.4) is 0 Å². The number of hydroxylamine groups is 1. The van der Waals surface area contributed by atoms with E-state index in [0.717, 1.165) is 0 Å². The molecule has 4 saturated heterocycles. The molecule has 0 aromatic heterocycles. The van der Waals surface area contributed by atoms with Crippen molar-refractivity contribution in [3.05, 3.63) is 0 Å². The lowest BCUT2D eigenvalue weighted by Crippen LogP contribution is -2.66. The molecule has 4 heterocycles. The van der Waals surface area contributed by atoms with E-state index in [-0.39, 0.29) is 19.8 Å². The lowest BCUT2D eigenvalue weighted by atomic mass is 9.86. The summed E-state index contributed by atoms with van der Waals surface area (Å²) in [6.45, 7) is 4.85. The maximum absolute atomic E-state index is 11.1. The Morgan fingerprint density at radius 1 is 0.659 bits per heavy atom. The zero-order chi connectivity index (χ0) is 32.7. The maximum atomic E-state index is 11.1. The molecule has 4 fully saturated rings. The summed E-state index contributed by atoms with van der Waals surface area (Å²) in [5, 5.41) is 103. The summed E-state index contributed by atoms with van der Waals surface area (Å²) in [4.78, 5) is 0. The second-order valence-corrected chi connectivity index (χ2v) is 12.7. The van der Waals surface area contributed by atoms with Crippen LogP contribution in [0, 0.1) is 0 Å². The fraction of sp³-hybridized carbons (Fsp3) is 1.00. The summed E-state index contributed by atoms with van der Waals surface area (Å²) in [5.74, 6) is 0. The number of nitrogens with one attached hydrogen (secondary N) is 1. The van der Waals surface area contributed by atoms with Crippen molar-refractivity contribution in [3.63, 3.8) is 0 Å². The molecule has 44 heavy (non-hydrogen) atoms. The van der Waals surface area contributed by atoms with Crippen molar-refractivity contribution in [2.24, 2.45) is 0 Å². The van der Waals surface area contributed by atoms with E-state index in [1.54, 1.807) is 33.2 Å². The van der Waals surface area contributed by atoms with E-state index < -0.39 is 116 Å². The molecule has 0 aliphatic carbocycles. The monoisotopic (exact) mass is 645 g/mol. The summed E-state index contributed by atoms with van der Waals surface area (Å²) in [6, 6.07) is 0. The van der Waals surface area contributed by atoms with Crippen LogP contribution < -0.4 is 5.48 Å². The normalized spacial score (nSPS) is 47.6. The van der Waals surface area contributed by atoms with E-state index in [9.17, 15) is 46.0 Å². The molecule has 4 aliphatic rings. The van der Waals surface area contributed by atoms with Crippen LogP contribution >= 0.6 is 0 Å². The first kappa shape index (κ1) is 36.1. The zero-order valence-corrected chi connectivity index (χ0v) is 24.9. The van der Waals surface area contributed by atoms with E-state index in [2.05, 4.69) is 0 Å². The van der Waals surface area contributed by atoms with Crippen molar-refractivity contribution >= 4 is 0 Å². The lowest BCUT2D eigenvalue weighted by molar-refractivity contribution is -0.313. The first-order valence-corrected chi connectivity index (χ1v) is 14.5. The largest absolute Gasteiger partial charge is 0.394 e. The molecule has 4 aliphatic heterocycles. The summed E-state index contributed by atoms with van der Waals surface area (Å²) in [7, 11) is 0. The topological polar surface area (TPSA) is 279 Å². The Balaban J connectivity index is 1.37. The van der Waals surface area contributed by atoms with E-state index >= 15 is 0 Å². The van der Waals surface area contributed by atoms with Crippen molar-refractivity contribution in [1.29, 1.82) is 0 Å². The summed E-state index contributed by atoms with van der Waals surface area (Å²) >= 11 is 0. The third-order valence-electron chi connectivity index (χ3n) is 8.63. The van der Waals surface area contributed by atoms with Crippen molar-refractivity contribution in [2.75, 3.05) is 26.4 Å².